The maximum Gasteiger partial charge on any atom is 0.170 e. The number of rotatable bonds is 7. The van der Waals surface area contributed by atoms with Gasteiger partial charge in [0.1, 0.15) is 5.01 Å². The maximum atomic E-state index is 5.52. The summed E-state index contributed by atoms with van der Waals surface area (Å²) in [5, 5.41) is 4.14. The molecule has 0 amide bonds. The average Bonchev–Trinajstić information content (AvgIpc) is 3.23. The van der Waals surface area contributed by atoms with Crippen LogP contribution in [0.4, 0.5) is 0 Å². The van der Waals surface area contributed by atoms with Crippen LogP contribution in [0.5, 0.6) is 11.5 Å². The fourth-order valence-electron chi connectivity index (χ4n) is 2.64. The van der Waals surface area contributed by atoms with Crippen molar-refractivity contribution in [2.45, 2.75) is 20.0 Å². The molecule has 0 saturated heterocycles. The lowest BCUT2D eigenvalue weighted by atomic mass is 10.2. The van der Waals surface area contributed by atoms with Gasteiger partial charge in [-0.1, -0.05) is 6.07 Å². The Morgan fingerprint density at radius 1 is 1.16 bits per heavy atom. The van der Waals surface area contributed by atoms with E-state index in [1.165, 1.54) is 4.88 Å². The highest BCUT2D eigenvalue weighted by Crippen LogP contribution is 2.39. The van der Waals surface area contributed by atoms with Crippen molar-refractivity contribution in [3.8, 4) is 22.1 Å². The summed E-state index contributed by atoms with van der Waals surface area (Å²) in [6.45, 7) is 3.70. The minimum atomic E-state index is 0.717. The van der Waals surface area contributed by atoms with E-state index in [1.807, 2.05) is 31.3 Å². The van der Waals surface area contributed by atoms with E-state index < -0.39 is 0 Å². The van der Waals surface area contributed by atoms with Crippen LogP contribution in [-0.2, 0) is 13.1 Å². The fraction of sp³-hybridized carbons (Fsp3) is 0.333. The Bertz CT molecular complexity index is 844. The van der Waals surface area contributed by atoms with Crippen LogP contribution in [0.15, 0.2) is 29.8 Å². The van der Waals surface area contributed by atoms with Gasteiger partial charge in [0.25, 0.3) is 0 Å². The molecular weight excluding hydrogens is 354 g/mol. The summed E-state index contributed by atoms with van der Waals surface area (Å²) in [5.41, 5.74) is 2.01. The maximum absolute atomic E-state index is 5.52. The number of methoxy groups -OCH3 is 2. The van der Waals surface area contributed by atoms with Gasteiger partial charge in [-0.25, -0.2) is 9.97 Å². The molecule has 7 heteroatoms. The van der Waals surface area contributed by atoms with Crippen LogP contribution < -0.4 is 9.47 Å². The summed E-state index contributed by atoms with van der Waals surface area (Å²) < 4.78 is 10.9. The molecule has 0 N–H and O–H groups in total. The molecule has 3 rings (SSSR count). The van der Waals surface area contributed by atoms with Gasteiger partial charge in [0.2, 0.25) is 0 Å². The fourth-order valence-corrected chi connectivity index (χ4v) is 4.34. The van der Waals surface area contributed by atoms with E-state index in [0.717, 1.165) is 45.9 Å². The molecule has 0 aliphatic rings. The second kappa shape index (κ2) is 7.95. The number of aromatic nitrogens is 2. The van der Waals surface area contributed by atoms with E-state index in [2.05, 4.69) is 22.3 Å². The van der Waals surface area contributed by atoms with Crippen LogP contribution in [-0.4, -0.2) is 36.1 Å². The van der Waals surface area contributed by atoms with E-state index in [9.17, 15) is 0 Å². The smallest absolute Gasteiger partial charge is 0.170 e. The minimum absolute atomic E-state index is 0.717. The molecule has 0 aliphatic carbocycles. The summed E-state index contributed by atoms with van der Waals surface area (Å²) in [6, 6.07) is 5.85. The third kappa shape index (κ3) is 4.18. The van der Waals surface area contributed by atoms with Crippen molar-refractivity contribution >= 4 is 22.7 Å². The Morgan fingerprint density at radius 3 is 2.68 bits per heavy atom. The van der Waals surface area contributed by atoms with Gasteiger partial charge in [0.15, 0.2) is 11.5 Å². The van der Waals surface area contributed by atoms with E-state index >= 15 is 0 Å². The molecule has 5 nitrogen and oxygen atoms in total. The van der Waals surface area contributed by atoms with Crippen LogP contribution in [0.1, 0.15) is 15.6 Å². The highest BCUT2D eigenvalue weighted by Gasteiger charge is 2.15. The van der Waals surface area contributed by atoms with E-state index in [0.29, 0.717) is 0 Å². The molecular formula is C18H21N3O2S2. The highest BCUT2D eigenvalue weighted by atomic mass is 32.1. The van der Waals surface area contributed by atoms with Crippen molar-refractivity contribution in [2.75, 3.05) is 21.3 Å². The van der Waals surface area contributed by atoms with Gasteiger partial charge in [-0.3, -0.25) is 4.90 Å². The molecule has 0 bridgehead atoms. The summed E-state index contributed by atoms with van der Waals surface area (Å²) in [4.78, 5) is 12.6. The van der Waals surface area contributed by atoms with Crippen LogP contribution >= 0.6 is 22.7 Å². The van der Waals surface area contributed by atoms with Crippen LogP contribution in [0.25, 0.3) is 10.6 Å². The topological polar surface area (TPSA) is 47.5 Å². The first-order valence-electron chi connectivity index (χ1n) is 7.86. The standard InChI is InChI=1S/C18H21N3O2S2/c1-12-19-8-14(25-12)10-21(2)9-13-11-24-18(20-13)15-6-5-7-16(22-3)17(15)23-4/h5-8,11H,9-10H2,1-4H3. The molecule has 132 valence electrons. The molecule has 3 aromatic rings. The zero-order valence-corrected chi connectivity index (χ0v) is 16.4. The number of aryl methyl sites for hydroxylation is 1. The van der Waals surface area contributed by atoms with Gasteiger partial charge < -0.3 is 9.47 Å². The summed E-state index contributed by atoms with van der Waals surface area (Å²) in [5.74, 6) is 1.44. The van der Waals surface area contributed by atoms with Crippen molar-refractivity contribution < 1.29 is 9.47 Å². The predicted octanol–water partition coefficient (Wildman–Crippen LogP) is 4.22. The van der Waals surface area contributed by atoms with Crippen molar-refractivity contribution in [1.29, 1.82) is 0 Å². The van der Waals surface area contributed by atoms with Crippen molar-refractivity contribution in [1.82, 2.24) is 14.9 Å². The van der Waals surface area contributed by atoms with Crippen LogP contribution in [0.2, 0.25) is 0 Å². The third-order valence-electron chi connectivity index (χ3n) is 3.71. The van der Waals surface area contributed by atoms with Gasteiger partial charge >= 0.3 is 0 Å². The number of hydrogen-bond donors (Lipinski definition) is 0. The van der Waals surface area contributed by atoms with Crippen molar-refractivity contribution in [3.63, 3.8) is 0 Å². The largest absolute Gasteiger partial charge is 0.493 e. The predicted molar refractivity (Wildman–Crippen MR) is 103 cm³/mol. The molecule has 0 fully saturated rings. The molecule has 0 saturated carbocycles. The average molecular weight is 376 g/mol. The summed E-state index contributed by atoms with van der Waals surface area (Å²) in [7, 11) is 5.39. The number of thiazole rings is 2. The molecule has 0 atom stereocenters. The number of benzene rings is 1. The first kappa shape index (κ1) is 17.8. The molecule has 2 aromatic heterocycles. The van der Waals surface area contributed by atoms with E-state index in [1.54, 1.807) is 36.9 Å². The molecule has 1 aromatic carbocycles. The van der Waals surface area contributed by atoms with Crippen molar-refractivity contribution in [2.24, 2.45) is 0 Å². The van der Waals surface area contributed by atoms with Crippen LogP contribution in [0, 0.1) is 6.92 Å². The minimum Gasteiger partial charge on any atom is -0.493 e. The lowest BCUT2D eigenvalue weighted by molar-refractivity contribution is 0.318. The Kier molecular flexibility index (Phi) is 5.67. The van der Waals surface area contributed by atoms with Gasteiger partial charge in [0.05, 0.1) is 30.5 Å². The highest BCUT2D eigenvalue weighted by molar-refractivity contribution is 7.13. The zero-order chi connectivity index (χ0) is 17.8. The summed E-state index contributed by atoms with van der Waals surface area (Å²) >= 11 is 3.36. The lowest BCUT2D eigenvalue weighted by Gasteiger charge is -2.13. The normalized spacial score (nSPS) is 11.1. The van der Waals surface area contributed by atoms with Crippen LogP contribution in [0.3, 0.4) is 0 Å². The molecule has 0 spiro atoms. The van der Waals surface area contributed by atoms with Crippen molar-refractivity contribution in [3.05, 3.63) is 45.4 Å². The number of ether oxygens (including phenoxy) is 2. The summed E-state index contributed by atoms with van der Waals surface area (Å²) in [6.07, 6.45) is 1.95. The molecule has 25 heavy (non-hydrogen) atoms. The quantitative estimate of drug-likeness (QED) is 0.619. The second-order valence-electron chi connectivity index (χ2n) is 5.70. The van der Waals surface area contributed by atoms with E-state index in [-0.39, 0.29) is 0 Å². The Balaban J connectivity index is 1.74. The SMILES string of the molecule is COc1cccc(-c2nc(CN(C)Cc3cnc(C)s3)cs2)c1OC. The second-order valence-corrected chi connectivity index (χ2v) is 7.88. The van der Waals surface area contributed by atoms with E-state index in [4.69, 9.17) is 14.5 Å². The number of nitrogens with zero attached hydrogens (tertiary/aromatic N) is 3. The molecule has 0 aliphatic heterocycles. The number of hydrogen-bond acceptors (Lipinski definition) is 7. The Labute approximate surface area is 155 Å². The Hall–Kier alpha value is -1.96. The lowest BCUT2D eigenvalue weighted by Crippen LogP contribution is -2.16. The zero-order valence-electron chi connectivity index (χ0n) is 14.8. The first-order valence-corrected chi connectivity index (χ1v) is 9.56. The molecule has 0 unspecified atom stereocenters. The molecule has 0 radical (unpaired) electrons. The van der Waals surface area contributed by atoms with Gasteiger partial charge in [-0.15, -0.1) is 22.7 Å². The number of para-hydroxylation sites is 1. The first-order chi connectivity index (χ1) is 12.1. The van der Waals surface area contributed by atoms with Gasteiger partial charge in [-0.05, 0) is 26.1 Å². The third-order valence-corrected chi connectivity index (χ3v) is 5.53. The Morgan fingerprint density at radius 2 is 2.00 bits per heavy atom. The monoisotopic (exact) mass is 375 g/mol. The van der Waals surface area contributed by atoms with Gasteiger partial charge in [0, 0.05) is 29.5 Å². The van der Waals surface area contributed by atoms with Gasteiger partial charge in [-0.2, -0.15) is 0 Å². The molecule has 2 heterocycles.